The maximum Gasteiger partial charge on any atom is 0.193 e. The molecule has 114 valence electrons. The van der Waals surface area contributed by atoms with E-state index in [1.807, 2.05) is 13.8 Å². The minimum absolute atomic E-state index is 0.216. The number of nitrogens with zero attached hydrogens (tertiary/aromatic N) is 1. The molecule has 0 saturated heterocycles. The monoisotopic (exact) mass is 343 g/mol. The molecule has 2 aromatic carbocycles. The van der Waals surface area contributed by atoms with Gasteiger partial charge in [-0.25, -0.2) is 0 Å². The summed E-state index contributed by atoms with van der Waals surface area (Å²) in [6.45, 7) is 3.69. The fourth-order valence-electron chi connectivity index (χ4n) is 2.47. The van der Waals surface area contributed by atoms with Crippen molar-refractivity contribution in [2.75, 3.05) is 0 Å². The van der Waals surface area contributed by atoms with Gasteiger partial charge in [-0.3, -0.25) is 4.79 Å². The highest BCUT2D eigenvalue weighted by atomic mass is 35.5. The minimum Gasteiger partial charge on any atom is -0.454 e. The van der Waals surface area contributed by atoms with Crippen molar-refractivity contribution in [3.05, 3.63) is 67.3 Å². The van der Waals surface area contributed by atoms with Crippen LogP contribution in [0.3, 0.4) is 0 Å². The van der Waals surface area contributed by atoms with Crippen molar-refractivity contribution < 1.29 is 4.42 Å². The number of benzene rings is 2. The van der Waals surface area contributed by atoms with Gasteiger partial charge in [-0.1, -0.05) is 23.2 Å². The Balaban J connectivity index is 2.40. The smallest absolute Gasteiger partial charge is 0.193 e. The molecule has 1 aromatic heterocycles. The molecule has 0 aliphatic rings. The molecular formula is C18H11Cl2NO2. The topological polar surface area (TPSA) is 54.0 Å². The second-order valence-corrected chi connectivity index (χ2v) is 6.12. The van der Waals surface area contributed by atoms with Gasteiger partial charge in [0.15, 0.2) is 11.0 Å². The number of hydrogen-bond donors (Lipinski definition) is 0. The number of halogens is 2. The quantitative estimate of drug-likeness (QED) is 0.605. The Labute approximate surface area is 142 Å². The molecule has 0 unspecified atom stereocenters. The molecule has 23 heavy (non-hydrogen) atoms. The molecule has 0 saturated carbocycles. The van der Waals surface area contributed by atoms with Crippen LogP contribution < -0.4 is 5.43 Å². The lowest BCUT2D eigenvalue weighted by molar-refractivity contribution is 0.617. The SMILES string of the molecule is Cc1cc2c(=O)cc(-c3ccc(Cl)cc3Cl)oc2c(C#N)c1C. The van der Waals surface area contributed by atoms with Gasteiger partial charge in [0, 0.05) is 16.7 Å². The molecule has 0 bridgehead atoms. The van der Waals surface area contributed by atoms with Crippen LogP contribution in [0.2, 0.25) is 10.0 Å². The van der Waals surface area contributed by atoms with E-state index < -0.39 is 0 Å². The van der Waals surface area contributed by atoms with E-state index in [1.54, 1.807) is 24.3 Å². The maximum atomic E-state index is 12.4. The minimum atomic E-state index is -0.216. The van der Waals surface area contributed by atoms with Gasteiger partial charge in [0.05, 0.1) is 16.0 Å². The Morgan fingerprint density at radius 1 is 1.13 bits per heavy atom. The summed E-state index contributed by atoms with van der Waals surface area (Å²) in [6, 6.07) is 10.2. The third-order valence-electron chi connectivity index (χ3n) is 3.85. The number of rotatable bonds is 1. The molecule has 0 aliphatic heterocycles. The number of hydrogen-bond acceptors (Lipinski definition) is 3. The zero-order chi connectivity index (χ0) is 16.7. The van der Waals surface area contributed by atoms with Gasteiger partial charge < -0.3 is 4.42 Å². The van der Waals surface area contributed by atoms with E-state index in [0.717, 1.165) is 11.1 Å². The van der Waals surface area contributed by atoms with E-state index in [0.29, 0.717) is 32.3 Å². The lowest BCUT2D eigenvalue weighted by Gasteiger charge is -2.09. The fraction of sp³-hybridized carbons (Fsp3) is 0.111. The highest BCUT2D eigenvalue weighted by Gasteiger charge is 2.16. The van der Waals surface area contributed by atoms with E-state index >= 15 is 0 Å². The Morgan fingerprint density at radius 2 is 1.87 bits per heavy atom. The summed E-state index contributed by atoms with van der Waals surface area (Å²) in [6.07, 6.45) is 0. The molecular weight excluding hydrogens is 333 g/mol. The normalized spacial score (nSPS) is 10.7. The molecule has 0 aliphatic carbocycles. The van der Waals surface area contributed by atoms with E-state index in [2.05, 4.69) is 6.07 Å². The summed E-state index contributed by atoms with van der Waals surface area (Å²) in [4.78, 5) is 12.4. The summed E-state index contributed by atoms with van der Waals surface area (Å²) in [5.41, 5.74) is 2.65. The van der Waals surface area contributed by atoms with Crippen molar-refractivity contribution in [3.8, 4) is 17.4 Å². The number of nitriles is 1. The first-order valence-electron chi connectivity index (χ1n) is 6.86. The molecule has 0 atom stereocenters. The van der Waals surface area contributed by atoms with Crippen molar-refractivity contribution >= 4 is 34.2 Å². The molecule has 0 spiro atoms. The Kier molecular flexibility index (Phi) is 3.89. The van der Waals surface area contributed by atoms with Crippen molar-refractivity contribution in [3.63, 3.8) is 0 Å². The van der Waals surface area contributed by atoms with Crippen LogP contribution in [0.15, 0.2) is 39.5 Å². The first-order chi connectivity index (χ1) is 10.9. The van der Waals surface area contributed by atoms with Crippen LogP contribution in [0.1, 0.15) is 16.7 Å². The molecule has 1 heterocycles. The van der Waals surface area contributed by atoms with Crippen molar-refractivity contribution in [1.29, 1.82) is 5.26 Å². The van der Waals surface area contributed by atoms with Gasteiger partial charge in [-0.15, -0.1) is 0 Å². The average Bonchev–Trinajstić information content (AvgIpc) is 2.49. The zero-order valence-corrected chi connectivity index (χ0v) is 13.9. The third-order valence-corrected chi connectivity index (χ3v) is 4.39. The number of fused-ring (bicyclic) bond motifs is 1. The average molecular weight is 344 g/mol. The molecule has 0 radical (unpaired) electrons. The van der Waals surface area contributed by atoms with Crippen LogP contribution in [-0.2, 0) is 0 Å². The summed E-state index contributed by atoms with van der Waals surface area (Å²) in [5, 5.41) is 10.7. The van der Waals surface area contributed by atoms with Gasteiger partial charge in [-0.05, 0) is 49.2 Å². The number of aryl methyl sites for hydroxylation is 1. The lowest BCUT2D eigenvalue weighted by atomic mass is 10.00. The van der Waals surface area contributed by atoms with Crippen LogP contribution in [0, 0.1) is 25.2 Å². The van der Waals surface area contributed by atoms with E-state index in [1.165, 1.54) is 6.07 Å². The molecule has 3 nitrogen and oxygen atoms in total. The third kappa shape index (κ3) is 2.61. The summed E-state index contributed by atoms with van der Waals surface area (Å²) >= 11 is 12.1. The molecule has 3 rings (SSSR count). The van der Waals surface area contributed by atoms with Crippen LogP contribution >= 0.6 is 23.2 Å². The highest BCUT2D eigenvalue weighted by Crippen LogP contribution is 2.32. The van der Waals surface area contributed by atoms with Crippen molar-refractivity contribution in [2.45, 2.75) is 13.8 Å². The summed E-state index contributed by atoms with van der Waals surface area (Å²) in [5.74, 6) is 0.309. The predicted octanol–water partition coefficient (Wildman–Crippen LogP) is 5.26. The van der Waals surface area contributed by atoms with Crippen LogP contribution in [0.5, 0.6) is 0 Å². The van der Waals surface area contributed by atoms with Crippen LogP contribution in [0.25, 0.3) is 22.3 Å². The zero-order valence-electron chi connectivity index (χ0n) is 12.4. The van der Waals surface area contributed by atoms with Gasteiger partial charge in [0.1, 0.15) is 11.8 Å². The first-order valence-corrected chi connectivity index (χ1v) is 7.61. The summed E-state index contributed by atoms with van der Waals surface area (Å²) < 4.78 is 5.86. The fourth-order valence-corrected chi connectivity index (χ4v) is 2.98. The maximum absolute atomic E-state index is 12.4. The molecule has 3 aromatic rings. The second-order valence-electron chi connectivity index (χ2n) is 5.28. The largest absolute Gasteiger partial charge is 0.454 e. The molecule has 0 N–H and O–H groups in total. The molecule has 0 amide bonds. The Bertz CT molecular complexity index is 1050. The predicted molar refractivity (Wildman–Crippen MR) is 92.1 cm³/mol. The van der Waals surface area contributed by atoms with Gasteiger partial charge in [-0.2, -0.15) is 5.26 Å². The molecule has 0 fully saturated rings. The van der Waals surface area contributed by atoms with Gasteiger partial charge >= 0.3 is 0 Å². The van der Waals surface area contributed by atoms with Gasteiger partial charge in [0.2, 0.25) is 0 Å². The van der Waals surface area contributed by atoms with E-state index in [9.17, 15) is 10.1 Å². The van der Waals surface area contributed by atoms with Crippen LogP contribution in [-0.4, -0.2) is 0 Å². The van der Waals surface area contributed by atoms with Crippen molar-refractivity contribution in [2.24, 2.45) is 0 Å². The van der Waals surface area contributed by atoms with E-state index in [4.69, 9.17) is 27.6 Å². The van der Waals surface area contributed by atoms with Crippen LogP contribution in [0.4, 0.5) is 0 Å². The van der Waals surface area contributed by atoms with Gasteiger partial charge in [0.25, 0.3) is 0 Å². The lowest BCUT2D eigenvalue weighted by Crippen LogP contribution is -2.03. The summed E-state index contributed by atoms with van der Waals surface area (Å²) in [7, 11) is 0. The first kappa shape index (κ1) is 15.6. The van der Waals surface area contributed by atoms with E-state index in [-0.39, 0.29) is 11.0 Å². The van der Waals surface area contributed by atoms with Crippen molar-refractivity contribution in [1.82, 2.24) is 0 Å². The highest BCUT2D eigenvalue weighted by molar-refractivity contribution is 6.36. The standard InChI is InChI=1S/C18H11Cl2NO2/c1-9-5-13-16(22)7-17(12-4-3-11(19)6-15(12)20)23-18(13)14(8-21)10(9)2/h3-7H,1-2H3. The Hall–Kier alpha value is -2.28. The molecule has 5 heteroatoms. The second kappa shape index (κ2) is 5.73. The Morgan fingerprint density at radius 3 is 2.52 bits per heavy atom.